The molecule has 0 bridgehead atoms. The van der Waals surface area contributed by atoms with Gasteiger partial charge in [-0.1, -0.05) is 6.07 Å². The number of carbonyl (C=O) groups is 1. The third-order valence-electron chi connectivity index (χ3n) is 3.27. The number of sulfonamides is 1. The first-order valence-corrected chi connectivity index (χ1v) is 8.24. The SMILES string of the molecule is Cc1cc(C(=O)NNS(=O)(=O)c2ccc(C)c([N+](=O)[O-])c2)c(C)o1. The van der Waals surface area contributed by atoms with Crippen molar-refractivity contribution in [3.05, 3.63) is 57.0 Å². The van der Waals surface area contributed by atoms with Gasteiger partial charge in [0, 0.05) is 11.6 Å². The second kappa shape index (κ2) is 6.42. The van der Waals surface area contributed by atoms with Gasteiger partial charge in [-0.15, -0.1) is 4.83 Å². The Bertz CT molecular complexity index is 917. The third kappa shape index (κ3) is 3.60. The minimum Gasteiger partial charge on any atom is -0.466 e. The minimum absolute atomic E-state index is 0.185. The normalized spacial score (nSPS) is 11.3. The van der Waals surface area contributed by atoms with Gasteiger partial charge in [0.25, 0.3) is 21.6 Å². The highest BCUT2D eigenvalue weighted by atomic mass is 32.2. The Kier molecular flexibility index (Phi) is 4.71. The van der Waals surface area contributed by atoms with Gasteiger partial charge in [0.15, 0.2) is 0 Å². The number of hydrogen-bond donors (Lipinski definition) is 2. The lowest BCUT2D eigenvalue weighted by molar-refractivity contribution is -0.385. The second-order valence-electron chi connectivity index (χ2n) is 5.09. The predicted molar refractivity (Wildman–Crippen MR) is 83.8 cm³/mol. The van der Waals surface area contributed by atoms with E-state index in [0.717, 1.165) is 6.07 Å². The van der Waals surface area contributed by atoms with E-state index in [1.807, 2.05) is 10.3 Å². The summed E-state index contributed by atoms with van der Waals surface area (Å²) in [6.07, 6.45) is 0. The van der Waals surface area contributed by atoms with E-state index >= 15 is 0 Å². The summed E-state index contributed by atoms with van der Waals surface area (Å²) in [5, 5.41) is 10.9. The summed E-state index contributed by atoms with van der Waals surface area (Å²) in [7, 11) is -4.16. The van der Waals surface area contributed by atoms with Crippen molar-refractivity contribution >= 4 is 21.6 Å². The lowest BCUT2D eigenvalue weighted by Crippen LogP contribution is -2.41. The minimum atomic E-state index is -4.16. The lowest BCUT2D eigenvalue weighted by atomic mass is 10.2. The molecule has 9 nitrogen and oxygen atoms in total. The molecule has 0 fully saturated rings. The van der Waals surface area contributed by atoms with Crippen LogP contribution in [0.25, 0.3) is 0 Å². The van der Waals surface area contributed by atoms with Gasteiger partial charge >= 0.3 is 0 Å². The smallest absolute Gasteiger partial charge is 0.273 e. The van der Waals surface area contributed by atoms with Gasteiger partial charge in [-0.25, -0.2) is 8.42 Å². The molecule has 2 N–H and O–H groups in total. The first-order chi connectivity index (χ1) is 11.1. The molecule has 0 aliphatic heterocycles. The number of nitrogens with zero attached hydrogens (tertiary/aromatic N) is 1. The Hall–Kier alpha value is -2.72. The molecule has 1 aromatic carbocycles. The van der Waals surface area contributed by atoms with Crippen LogP contribution in [-0.4, -0.2) is 19.2 Å². The summed E-state index contributed by atoms with van der Waals surface area (Å²) in [5.74, 6) is 0.152. The Balaban J connectivity index is 2.20. The zero-order valence-electron chi connectivity index (χ0n) is 13.1. The largest absolute Gasteiger partial charge is 0.466 e. The quantitative estimate of drug-likeness (QED) is 0.621. The topological polar surface area (TPSA) is 132 Å². The summed E-state index contributed by atoms with van der Waals surface area (Å²) in [4.78, 5) is 23.8. The van der Waals surface area contributed by atoms with Crippen molar-refractivity contribution in [3.63, 3.8) is 0 Å². The third-order valence-corrected chi connectivity index (χ3v) is 4.52. The summed E-state index contributed by atoms with van der Waals surface area (Å²) < 4.78 is 29.5. The molecule has 0 saturated heterocycles. The molecule has 128 valence electrons. The average molecular weight is 353 g/mol. The number of rotatable bonds is 5. The van der Waals surface area contributed by atoms with Crippen LogP contribution in [-0.2, 0) is 10.0 Å². The van der Waals surface area contributed by atoms with Crippen molar-refractivity contribution < 1.29 is 22.6 Å². The molecule has 0 radical (unpaired) electrons. The predicted octanol–water partition coefficient (Wildman–Crippen LogP) is 1.74. The Labute approximate surface area is 137 Å². The zero-order valence-corrected chi connectivity index (χ0v) is 13.9. The molecule has 1 heterocycles. The van der Waals surface area contributed by atoms with Crippen LogP contribution < -0.4 is 10.3 Å². The van der Waals surface area contributed by atoms with E-state index < -0.39 is 20.9 Å². The van der Waals surface area contributed by atoms with E-state index in [9.17, 15) is 23.3 Å². The molecule has 0 atom stereocenters. The number of benzene rings is 1. The van der Waals surface area contributed by atoms with Crippen molar-refractivity contribution in [2.24, 2.45) is 0 Å². The van der Waals surface area contributed by atoms with Gasteiger partial charge in [0.2, 0.25) is 0 Å². The molecule has 1 amide bonds. The number of nitro groups is 1. The van der Waals surface area contributed by atoms with E-state index in [2.05, 4.69) is 0 Å². The van der Waals surface area contributed by atoms with E-state index in [0.29, 0.717) is 17.1 Å². The number of hydrogen-bond acceptors (Lipinski definition) is 6. The Morgan fingerprint density at radius 1 is 1.21 bits per heavy atom. The number of aryl methyl sites for hydroxylation is 3. The molecule has 2 rings (SSSR count). The zero-order chi connectivity index (χ0) is 18.1. The van der Waals surface area contributed by atoms with E-state index in [1.54, 1.807) is 13.8 Å². The van der Waals surface area contributed by atoms with Gasteiger partial charge in [0.1, 0.15) is 11.5 Å². The molecule has 0 aliphatic carbocycles. The molecular formula is C14H15N3O6S. The van der Waals surface area contributed by atoms with Gasteiger partial charge < -0.3 is 4.42 Å². The first kappa shape index (κ1) is 17.6. The molecule has 1 aromatic heterocycles. The number of amides is 1. The highest BCUT2D eigenvalue weighted by Gasteiger charge is 2.21. The maximum Gasteiger partial charge on any atom is 0.273 e. The first-order valence-electron chi connectivity index (χ1n) is 6.76. The molecule has 24 heavy (non-hydrogen) atoms. The standard InChI is InChI=1S/C14H15N3O6S/c1-8-4-5-11(7-13(8)17(19)20)24(21,22)16-15-14(18)12-6-9(2)23-10(12)3/h4-7,16H,1-3H3,(H,15,18). The van der Waals surface area contributed by atoms with Crippen molar-refractivity contribution in [2.45, 2.75) is 25.7 Å². The van der Waals surface area contributed by atoms with Crippen LogP contribution in [0.2, 0.25) is 0 Å². The molecule has 10 heteroatoms. The van der Waals surface area contributed by atoms with E-state index in [1.165, 1.54) is 25.1 Å². The second-order valence-corrected chi connectivity index (χ2v) is 6.77. The highest BCUT2D eigenvalue weighted by molar-refractivity contribution is 7.89. The molecule has 2 aromatic rings. The van der Waals surface area contributed by atoms with Crippen LogP contribution in [0.5, 0.6) is 0 Å². The van der Waals surface area contributed by atoms with Crippen LogP contribution in [0.3, 0.4) is 0 Å². The number of carbonyl (C=O) groups excluding carboxylic acids is 1. The summed E-state index contributed by atoms with van der Waals surface area (Å²) in [6, 6.07) is 4.93. The lowest BCUT2D eigenvalue weighted by Gasteiger charge is -2.08. The summed E-state index contributed by atoms with van der Waals surface area (Å²) >= 11 is 0. The van der Waals surface area contributed by atoms with Crippen molar-refractivity contribution in [1.29, 1.82) is 0 Å². The van der Waals surface area contributed by atoms with Crippen molar-refractivity contribution in [1.82, 2.24) is 10.3 Å². The fourth-order valence-electron chi connectivity index (χ4n) is 2.05. The number of furan rings is 1. The Morgan fingerprint density at radius 2 is 1.88 bits per heavy atom. The number of hydrazine groups is 1. The molecule has 0 unspecified atom stereocenters. The van der Waals surface area contributed by atoms with Crippen LogP contribution in [0, 0.1) is 30.9 Å². The fourth-order valence-corrected chi connectivity index (χ4v) is 2.91. The molecule has 0 aliphatic rings. The van der Waals surface area contributed by atoms with E-state index in [-0.39, 0.29) is 16.1 Å². The van der Waals surface area contributed by atoms with Crippen LogP contribution in [0.4, 0.5) is 5.69 Å². The van der Waals surface area contributed by atoms with Crippen molar-refractivity contribution in [3.8, 4) is 0 Å². The molecule has 0 spiro atoms. The van der Waals surface area contributed by atoms with Crippen LogP contribution in [0.1, 0.15) is 27.4 Å². The van der Waals surface area contributed by atoms with E-state index in [4.69, 9.17) is 4.42 Å². The fraction of sp³-hybridized carbons (Fsp3) is 0.214. The average Bonchev–Trinajstić information content (AvgIpc) is 2.83. The van der Waals surface area contributed by atoms with Crippen molar-refractivity contribution in [2.75, 3.05) is 0 Å². The summed E-state index contributed by atoms with van der Waals surface area (Å²) in [5.41, 5.74) is 2.23. The monoisotopic (exact) mass is 353 g/mol. The number of nitrogens with one attached hydrogen (secondary N) is 2. The van der Waals surface area contributed by atoms with Gasteiger partial charge in [-0.05, 0) is 32.9 Å². The maximum atomic E-state index is 12.2. The Morgan fingerprint density at radius 3 is 2.42 bits per heavy atom. The van der Waals surface area contributed by atoms with Crippen LogP contribution in [0.15, 0.2) is 33.6 Å². The highest BCUT2D eigenvalue weighted by Crippen LogP contribution is 2.22. The van der Waals surface area contributed by atoms with Gasteiger partial charge in [-0.2, -0.15) is 0 Å². The number of nitro benzene ring substituents is 1. The molecular weight excluding hydrogens is 338 g/mol. The maximum absolute atomic E-state index is 12.2. The van der Waals surface area contributed by atoms with Gasteiger partial charge in [-0.3, -0.25) is 20.3 Å². The van der Waals surface area contributed by atoms with Gasteiger partial charge in [0.05, 0.1) is 15.4 Å². The van der Waals surface area contributed by atoms with Crippen LogP contribution >= 0.6 is 0 Å². The molecule has 0 saturated carbocycles. The summed E-state index contributed by atoms with van der Waals surface area (Å²) in [6.45, 7) is 4.72.